The predicted octanol–water partition coefficient (Wildman–Crippen LogP) is 2.22. The van der Waals surface area contributed by atoms with E-state index in [1.165, 1.54) is 5.56 Å². The highest BCUT2D eigenvalue weighted by Gasteiger charge is 2.23. The van der Waals surface area contributed by atoms with E-state index in [0.717, 1.165) is 54.0 Å². The molecule has 132 valence electrons. The molecule has 8 heteroatoms. The van der Waals surface area contributed by atoms with Gasteiger partial charge in [-0.3, -0.25) is 9.88 Å². The highest BCUT2D eigenvalue weighted by atomic mass is 32.1. The van der Waals surface area contributed by atoms with Gasteiger partial charge in [0.15, 0.2) is 10.8 Å². The number of fused-ring (bicyclic) bond motifs is 1. The molecule has 1 aliphatic heterocycles. The summed E-state index contributed by atoms with van der Waals surface area (Å²) in [6.45, 7) is 6.24. The van der Waals surface area contributed by atoms with Gasteiger partial charge in [-0.1, -0.05) is 17.4 Å². The Kier molecular flexibility index (Phi) is 4.65. The highest BCUT2D eigenvalue weighted by molar-refractivity contribution is 7.22. The van der Waals surface area contributed by atoms with E-state index < -0.39 is 0 Å². The van der Waals surface area contributed by atoms with E-state index in [1.807, 2.05) is 37.1 Å². The van der Waals surface area contributed by atoms with Crippen LogP contribution in [0.25, 0.3) is 10.3 Å². The van der Waals surface area contributed by atoms with Gasteiger partial charge in [0.25, 0.3) is 0 Å². The van der Waals surface area contributed by atoms with Crippen molar-refractivity contribution in [1.82, 2.24) is 24.6 Å². The Morgan fingerprint density at radius 3 is 2.92 bits per heavy atom. The number of aryl methyl sites for hydroxylation is 2. The highest BCUT2D eigenvalue weighted by Crippen LogP contribution is 2.29. The van der Waals surface area contributed by atoms with Gasteiger partial charge in [-0.2, -0.15) is 5.10 Å². The number of morpholine rings is 1. The first-order chi connectivity index (χ1) is 12.2. The fourth-order valence-corrected chi connectivity index (χ4v) is 4.20. The van der Waals surface area contributed by atoms with Crippen LogP contribution < -0.4 is 5.32 Å². The maximum Gasteiger partial charge on any atom is 0.185 e. The van der Waals surface area contributed by atoms with Crippen LogP contribution in [0.2, 0.25) is 0 Å². The molecule has 4 heterocycles. The number of pyridine rings is 1. The van der Waals surface area contributed by atoms with Crippen molar-refractivity contribution >= 4 is 26.8 Å². The van der Waals surface area contributed by atoms with E-state index in [9.17, 15) is 0 Å². The minimum absolute atomic E-state index is 0.254. The number of aromatic nitrogens is 4. The molecule has 3 aromatic rings. The Morgan fingerprint density at radius 2 is 2.20 bits per heavy atom. The number of nitrogens with zero attached hydrogens (tertiary/aromatic N) is 5. The fraction of sp³-hybridized carbons (Fsp3) is 0.471. The first kappa shape index (κ1) is 16.4. The third kappa shape index (κ3) is 3.37. The standard InChI is InChI=1S/C17H22N6OS/c1-12-15-16(22(2)21-12)20-17(25-15)19-11-14(13-4-3-5-18-10-13)23-6-8-24-9-7-23/h3-5,10,14H,6-9,11H2,1-2H3,(H,19,20)/t14-/m0/s1. The van der Waals surface area contributed by atoms with Crippen LogP contribution in [0, 0.1) is 6.92 Å². The lowest BCUT2D eigenvalue weighted by atomic mass is 10.1. The quantitative estimate of drug-likeness (QED) is 0.754. The third-order valence-electron chi connectivity index (χ3n) is 4.55. The molecule has 0 saturated carbocycles. The van der Waals surface area contributed by atoms with E-state index in [0.29, 0.717) is 0 Å². The zero-order valence-corrected chi connectivity index (χ0v) is 15.3. The Bertz CT molecular complexity index is 805. The second kappa shape index (κ2) is 7.07. The minimum atomic E-state index is 0.254. The lowest BCUT2D eigenvalue weighted by molar-refractivity contribution is 0.0186. The van der Waals surface area contributed by atoms with Crippen molar-refractivity contribution in [3.8, 4) is 0 Å². The molecule has 1 aliphatic rings. The fourth-order valence-electron chi connectivity index (χ4n) is 3.26. The molecular weight excluding hydrogens is 336 g/mol. The molecule has 1 N–H and O–H groups in total. The van der Waals surface area contributed by atoms with Gasteiger partial charge in [-0.05, 0) is 18.6 Å². The number of hydrogen-bond acceptors (Lipinski definition) is 7. The summed E-state index contributed by atoms with van der Waals surface area (Å²) in [4.78, 5) is 11.4. The van der Waals surface area contributed by atoms with Gasteiger partial charge in [0.1, 0.15) is 0 Å². The number of nitrogens with one attached hydrogen (secondary N) is 1. The number of anilines is 1. The van der Waals surface area contributed by atoms with Gasteiger partial charge in [0.05, 0.1) is 29.6 Å². The summed E-state index contributed by atoms with van der Waals surface area (Å²) < 4.78 is 8.49. The molecule has 0 spiro atoms. The molecule has 0 bridgehead atoms. The Balaban J connectivity index is 1.54. The SMILES string of the molecule is Cc1nn(C)c2nc(NC[C@@H](c3cccnc3)N3CCOCC3)sc12. The lowest BCUT2D eigenvalue weighted by Gasteiger charge is -2.34. The van der Waals surface area contributed by atoms with E-state index in [-0.39, 0.29) is 6.04 Å². The van der Waals surface area contributed by atoms with E-state index >= 15 is 0 Å². The first-order valence-electron chi connectivity index (χ1n) is 8.48. The molecule has 1 saturated heterocycles. The van der Waals surface area contributed by atoms with E-state index in [2.05, 4.69) is 26.4 Å². The van der Waals surface area contributed by atoms with Crippen LogP contribution in [0.4, 0.5) is 5.13 Å². The normalized spacial score (nSPS) is 17.0. The van der Waals surface area contributed by atoms with Crippen molar-refractivity contribution in [2.45, 2.75) is 13.0 Å². The van der Waals surface area contributed by atoms with E-state index in [4.69, 9.17) is 9.72 Å². The Morgan fingerprint density at radius 1 is 1.36 bits per heavy atom. The zero-order valence-electron chi connectivity index (χ0n) is 14.5. The second-order valence-electron chi connectivity index (χ2n) is 6.21. The number of rotatable bonds is 5. The molecule has 0 radical (unpaired) electrons. The summed E-state index contributed by atoms with van der Waals surface area (Å²) in [6.07, 6.45) is 3.77. The van der Waals surface area contributed by atoms with Crippen molar-refractivity contribution in [3.05, 3.63) is 35.8 Å². The van der Waals surface area contributed by atoms with Gasteiger partial charge >= 0.3 is 0 Å². The average molecular weight is 358 g/mol. The summed E-state index contributed by atoms with van der Waals surface area (Å²) in [5.41, 5.74) is 3.19. The van der Waals surface area contributed by atoms with Crippen molar-refractivity contribution in [1.29, 1.82) is 0 Å². The van der Waals surface area contributed by atoms with Gasteiger partial charge in [0, 0.05) is 39.1 Å². The third-order valence-corrected chi connectivity index (χ3v) is 5.66. The molecule has 0 aromatic carbocycles. The van der Waals surface area contributed by atoms with Crippen LogP contribution in [0.15, 0.2) is 24.5 Å². The molecule has 1 fully saturated rings. The molecule has 3 aromatic heterocycles. The van der Waals surface area contributed by atoms with Crippen LogP contribution >= 0.6 is 11.3 Å². The molecule has 1 atom stereocenters. The van der Waals surface area contributed by atoms with Gasteiger partial charge in [-0.15, -0.1) is 0 Å². The van der Waals surface area contributed by atoms with Crippen molar-refractivity contribution < 1.29 is 4.74 Å². The Hall–Kier alpha value is -2.03. The Labute approximate surface area is 150 Å². The molecule has 0 aliphatic carbocycles. The summed E-state index contributed by atoms with van der Waals surface area (Å²) >= 11 is 1.66. The van der Waals surface area contributed by atoms with Crippen LogP contribution in [0.5, 0.6) is 0 Å². The van der Waals surface area contributed by atoms with Crippen molar-refractivity contribution in [2.24, 2.45) is 7.05 Å². The van der Waals surface area contributed by atoms with E-state index in [1.54, 1.807) is 11.3 Å². The predicted molar refractivity (Wildman–Crippen MR) is 99.0 cm³/mol. The molecule has 0 amide bonds. The number of thiazole rings is 1. The maximum absolute atomic E-state index is 5.51. The second-order valence-corrected chi connectivity index (χ2v) is 7.21. The number of hydrogen-bond donors (Lipinski definition) is 1. The number of ether oxygens (including phenoxy) is 1. The van der Waals surface area contributed by atoms with Crippen molar-refractivity contribution in [2.75, 3.05) is 38.2 Å². The zero-order chi connectivity index (χ0) is 17.2. The summed E-state index contributed by atoms with van der Waals surface area (Å²) in [5, 5.41) is 8.88. The largest absolute Gasteiger partial charge is 0.379 e. The van der Waals surface area contributed by atoms with Gasteiger partial charge in [0.2, 0.25) is 0 Å². The molecule has 25 heavy (non-hydrogen) atoms. The van der Waals surface area contributed by atoms with Crippen LogP contribution in [-0.2, 0) is 11.8 Å². The molecular formula is C17H22N6OS. The first-order valence-corrected chi connectivity index (χ1v) is 9.30. The topological polar surface area (TPSA) is 68.1 Å². The summed E-state index contributed by atoms with van der Waals surface area (Å²) in [6, 6.07) is 4.39. The molecule has 0 unspecified atom stereocenters. The van der Waals surface area contributed by atoms with Gasteiger partial charge < -0.3 is 10.1 Å². The maximum atomic E-state index is 5.51. The smallest absolute Gasteiger partial charge is 0.185 e. The monoisotopic (exact) mass is 358 g/mol. The molecule has 4 rings (SSSR count). The summed E-state index contributed by atoms with van der Waals surface area (Å²) in [5.74, 6) is 0. The summed E-state index contributed by atoms with van der Waals surface area (Å²) in [7, 11) is 1.94. The molecule has 7 nitrogen and oxygen atoms in total. The van der Waals surface area contributed by atoms with Crippen LogP contribution in [-0.4, -0.2) is 57.5 Å². The lowest BCUT2D eigenvalue weighted by Crippen LogP contribution is -2.41. The average Bonchev–Trinajstić information content (AvgIpc) is 3.18. The van der Waals surface area contributed by atoms with Crippen molar-refractivity contribution in [3.63, 3.8) is 0 Å². The minimum Gasteiger partial charge on any atom is -0.379 e. The van der Waals surface area contributed by atoms with Crippen LogP contribution in [0.3, 0.4) is 0 Å². The van der Waals surface area contributed by atoms with Gasteiger partial charge in [-0.25, -0.2) is 9.67 Å². The van der Waals surface area contributed by atoms with Crippen LogP contribution in [0.1, 0.15) is 17.3 Å².